The minimum absolute atomic E-state index is 0.186. The van der Waals surface area contributed by atoms with E-state index < -0.39 is 0 Å². The molecule has 3 aromatic heterocycles. The van der Waals surface area contributed by atoms with E-state index in [-0.39, 0.29) is 6.10 Å². The fourth-order valence-corrected chi connectivity index (χ4v) is 5.63. The molecule has 1 atom stereocenters. The lowest BCUT2D eigenvalue weighted by atomic mass is 9.89. The molecule has 2 aliphatic rings. The number of piperidine rings is 1. The molecule has 1 saturated heterocycles. The maximum atomic E-state index is 9.94. The number of nitrogens with zero attached hydrogens (tertiary/aromatic N) is 4. The van der Waals surface area contributed by atoms with Gasteiger partial charge in [0.25, 0.3) is 0 Å². The summed E-state index contributed by atoms with van der Waals surface area (Å²) in [6.45, 7) is 4.04. The summed E-state index contributed by atoms with van der Waals surface area (Å²) in [4.78, 5) is 19.1. The van der Waals surface area contributed by atoms with Crippen molar-refractivity contribution in [2.24, 2.45) is 5.92 Å². The Morgan fingerprint density at radius 1 is 1.19 bits per heavy atom. The minimum Gasteiger partial charge on any atom is -0.393 e. The van der Waals surface area contributed by atoms with Crippen molar-refractivity contribution in [2.45, 2.75) is 45.1 Å². The van der Waals surface area contributed by atoms with E-state index in [1.165, 1.54) is 22.2 Å². The van der Waals surface area contributed by atoms with Crippen molar-refractivity contribution >= 4 is 27.4 Å². The van der Waals surface area contributed by atoms with Crippen molar-refractivity contribution in [3.05, 3.63) is 35.0 Å². The van der Waals surface area contributed by atoms with E-state index in [9.17, 15) is 5.11 Å². The summed E-state index contributed by atoms with van der Waals surface area (Å²) in [6, 6.07) is 3.95. The first-order chi connectivity index (χ1) is 13.2. The third-order valence-corrected chi connectivity index (χ3v) is 6.97. The minimum atomic E-state index is -0.186. The van der Waals surface area contributed by atoms with E-state index in [1.807, 2.05) is 29.7 Å². The lowest BCUT2D eigenvalue weighted by Gasteiger charge is -2.31. The lowest BCUT2D eigenvalue weighted by molar-refractivity contribution is 0.145. The Hall–Kier alpha value is -2.05. The standard InChI is InChI=1S/C21H24N4OS/c1-13-4-5-16-17(11-13)27-21-18(16)20(25-9-6-15(26)7-10-25)23-19(24-21)14-3-2-8-22-12-14/h2-3,8,12-13,15,26H,4-7,9-11H2,1H3/t13-/m1/s1. The summed E-state index contributed by atoms with van der Waals surface area (Å²) in [5.41, 5.74) is 2.42. The molecule has 6 heteroatoms. The van der Waals surface area contributed by atoms with Gasteiger partial charge < -0.3 is 10.0 Å². The average Bonchev–Trinajstić information content (AvgIpc) is 3.06. The number of rotatable bonds is 2. The zero-order chi connectivity index (χ0) is 18.4. The molecule has 0 unspecified atom stereocenters. The number of hydrogen-bond donors (Lipinski definition) is 1. The number of hydrogen-bond acceptors (Lipinski definition) is 6. The molecule has 5 nitrogen and oxygen atoms in total. The molecule has 3 aromatic rings. The van der Waals surface area contributed by atoms with Crippen LogP contribution in [0.3, 0.4) is 0 Å². The highest BCUT2D eigenvalue weighted by Crippen LogP contribution is 2.42. The Kier molecular flexibility index (Phi) is 4.32. The van der Waals surface area contributed by atoms with Crippen LogP contribution in [0.1, 0.15) is 36.6 Å². The highest BCUT2D eigenvalue weighted by Gasteiger charge is 2.27. The first-order valence-electron chi connectivity index (χ1n) is 9.84. The number of anilines is 1. The predicted octanol–water partition coefficient (Wildman–Crippen LogP) is 3.84. The maximum Gasteiger partial charge on any atom is 0.164 e. The number of pyridine rings is 1. The smallest absolute Gasteiger partial charge is 0.164 e. The van der Waals surface area contributed by atoms with Crippen LogP contribution in [0.4, 0.5) is 5.82 Å². The topological polar surface area (TPSA) is 62.1 Å². The first-order valence-corrected chi connectivity index (χ1v) is 10.7. The number of aliphatic hydroxyl groups excluding tert-OH is 1. The van der Waals surface area contributed by atoms with E-state index in [0.29, 0.717) is 0 Å². The zero-order valence-electron chi connectivity index (χ0n) is 15.6. The normalized spacial score (nSPS) is 20.8. The molecular weight excluding hydrogens is 356 g/mol. The largest absolute Gasteiger partial charge is 0.393 e. The fourth-order valence-electron chi connectivity index (χ4n) is 4.25. The molecule has 0 aromatic carbocycles. The molecule has 1 aliphatic carbocycles. The van der Waals surface area contributed by atoms with Crippen LogP contribution < -0.4 is 4.90 Å². The fraction of sp³-hybridized carbons (Fsp3) is 0.476. The molecule has 1 N–H and O–H groups in total. The SMILES string of the molecule is C[C@@H]1CCc2c(sc3nc(-c4cccnc4)nc(N4CCC(O)CC4)c23)C1. The Morgan fingerprint density at radius 2 is 2.04 bits per heavy atom. The van der Waals surface area contributed by atoms with Gasteiger partial charge in [-0.2, -0.15) is 0 Å². The van der Waals surface area contributed by atoms with Gasteiger partial charge in [0, 0.05) is 35.9 Å². The van der Waals surface area contributed by atoms with Gasteiger partial charge in [-0.05, 0) is 55.7 Å². The van der Waals surface area contributed by atoms with Crippen LogP contribution in [0.25, 0.3) is 21.6 Å². The third kappa shape index (κ3) is 3.11. The zero-order valence-corrected chi connectivity index (χ0v) is 16.4. The summed E-state index contributed by atoms with van der Waals surface area (Å²) in [6.07, 6.45) is 8.54. The van der Waals surface area contributed by atoms with Gasteiger partial charge in [-0.25, -0.2) is 9.97 Å². The van der Waals surface area contributed by atoms with E-state index in [1.54, 1.807) is 6.20 Å². The summed E-state index contributed by atoms with van der Waals surface area (Å²) >= 11 is 1.84. The lowest BCUT2D eigenvalue weighted by Crippen LogP contribution is -2.36. The van der Waals surface area contributed by atoms with Crippen molar-refractivity contribution in [3.63, 3.8) is 0 Å². The first kappa shape index (κ1) is 17.1. The predicted molar refractivity (Wildman–Crippen MR) is 109 cm³/mol. The van der Waals surface area contributed by atoms with Crippen molar-refractivity contribution in [2.75, 3.05) is 18.0 Å². The number of fused-ring (bicyclic) bond motifs is 3. The molecule has 0 bridgehead atoms. The molecule has 0 amide bonds. The molecular formula is C21H24N4OS. The summed E-state index contributed by atoms with van der Waals surface area (Å²) in [5.74, 6) is 2.55. The quantitative estimate of drug-likeness (QED) is 0.732. The molecule has 140 valence electrons. The van der Waals surface area contributed by atoms with E-state index in [0.717, 1.165) is 66.7 Å². The van der Waals surface area contributed by atoms with Crippen LogP contribution in [0.5, 0.6) is 0 Å². The van der Waals surface area contributed by atoms with Gasteiger partial charge in [0.1, 0.15) is 10.6 Å². The second kappa shape index (κ2) is 6.84. The van der Waals surface area contributed by atoms with Gasteiger partial charge in [0.2, 0.25) is 0 Å². The summed E-state index contributed by atoms with van der Waals surface area (Å²) < 4.78 is 0. The van der Waals surface area contributed by atoms with Crippen LogP contribution in [0, 0.1) is 5.92 Å². The molecule has 5 rings (SSSR count). The van der Waals surface area contributed by atoms with Crippen molar-refractivity contribution < 1.29 is 5.11 Å². The Balaban J connectivity index is 1.69. The van der Waals surface area contributed by atoms with Crippen LogP contribution in [-0.4, -0.2) is 39.3 Å². The molecule has 4 heterocycles. The van der Waals surface area contributed by atoms with Gasteiger partial charge in [-0.15, -0.1) is 11.3 Å². The van der Waals surface area contributed by atoms with Crippen LogP contribution in [0.2, 0.25) is 0 Å². The molecule has 27 heavy (non-hydrogen) atoms. The monoisotopic (exact) mass is 380 g/mol. The second-order valence-corrected chi connectivity index (χ2v) is 8.95. The number of thiophene rings is 1. The van der Waals surface area contributed by atoms with E-state index in [4.69, 9.17) is 9.97 Å². The Labute approximate surface area is 163 Å². The molecule has 0 saturated carbocycles. The summed E-state index contributed by atoms with van der Waals surface area (Å²) in [7, 11) is 0. The van der Waals surface area contributed by atoms with Crippen molar-refractivity contribution in [3.8, 4) is 11.4 Å². The molecule has 0 radical (unpaired) electrons. The van der Waals surface area contributed by atoms with Crippen LogP contribution in [0.15, 0.2) is 24.5 Å². The molecule has 1 aliphatic heterocycles. The highest BCUT2D eigenvalue weighted by atomic mass is 32.1. The third-order valence-electron chi connectivity index (χ3n) is 5.82. The highest BCUT2D eigenvalue weighted by molar-refractivity contribution is 7.19. The maximum absolute atomic E-state index is 9.94. The number of aliphatic hydroxyl groups is 1. The van der Waals surface area contributed by atoms with Gasteiger partial charge in [0.15, 0.2) is 5.82 Å². The van der Waals surface area contributed by atoms with Crippen molar-refractivity contribution in [1.82, 2.24) is 15.0 Å². The van der Waals surface area contributed by atoms with Gasteiger partial charge in [-0.1, -0.05) is 6.92 Å². The van der Waals surface area contributed by atoms with Gasteiger partial charge >= 0.3 is 0 Å². The van der Waals surface area contributed by atoms with Crippen LogP contribution in [-0.2, 0) is 12.8 Å². The number of aryl methyl sites for hydroxylation is 1. The summed E-state index contributed by atoms with van der Waals surface area (Å²) in [5, 5.41) is 11.2. The van der Waals surface area contributed by atoms with Gasteiger partial charge in [0.05, 0.1) is 11.5 Å². The van der Waals surface area contributed by atoms with E-state index >= 15 is 0 Å². The second-order valence-electron chi connectivity index (χ2n) is 7.86. The number of aromatic nitrogens is 3. The van der Waals surface area contributed by atoms with Gasteiger partial charge in [-0.3, -0.25) is 4.98 Å². The Morgan fingerprint density at radius 3 is 2.81 bits per heavy atom. The molecule has 0 spiro atoms. The Bertz CT molecular complexity index is 963. The van der Waals surface area contributed by atoms with Crippen molar-refractivity contribution in [1.29, 1.82) is 0 Å². The molecule has 1 fully saturated rings. The van der Waals surface area contributed by atoms with E-state index in [2.05, 4.69) is 16.8 Å². The average molecular weight is 381 g/mol. The van der Waals surface area contributed by atoms with Crippen LogP contribution >= 0.6 is 11.3 Å².